The Balaban J connectivity index is 4.56. The Morgan fingerprint density at radius 3 is 1.77 bits per heavy atom. The lowest BCUT2D eigenvalue weighted by Gasteiger charge is -2.16. The van der Waals surface area contributed by atoms with E-state index in [9.17, 15) is 16.8 Å². The van der Waals surface area contributed by atoms with Crippen molar-refractivity contribution in [3.8, 4) is 0 Å². The van der Waals surface area contributed by atoms with E-state index in [1.165, 1.54) is 0 Å². The second kappa shape index (κ2) is 3.96. The van der Waals surface area contributed by atoms with Gasteiger partial charge >= 0.3 is 0 Å². The van der Waals surface area contributed by atoms with Crippen LogP contribution in [0, 0.1) is 12.8 Å². The zero-order chi connectivity index (χ0) is 10.9. The van der Waals surface area contributed by atoms with E-state index in [1.807, 2.05) is 0 Å². The van der Waals surface area contributed by atoms with Crippen molar-refractivity contribution in [2.24, 2.45) is 5.92 Å². The minimum atomic E-state index is -3.25. The van der Waals surface area contributed by atoms with Crippen molar-refractivity contribution in [2.45, 2.75) is 12.2 Å². The smallest absolute Gasteiger partial charge is 0.150 e. The molecule has 4 nitrogen and oxygen atoms in total. The fourth-order valence-electron chi connectivity index (χ4n) is 1.01. The van der Waals surface area contributed by atoms with Gasteiger partial charge in [-0.1, -0.05) is 6.92 Å². The summed E-state index contributed by atoms with van der Waals surface area (Å²) in [6.45, 7) is 5.01. The lowest BCUT2D eigenvalue weighted by molar-refractivity contribution is 0.555. The maximum absolute atomic E-state index is 11.0. The predicted octanol–water partition coefficient (Wildman–Crippen LogP) is -0.0856. The van der Waals surface area contributed by atoms with Gasteiger partial charge in [0.25, 0.3) is 0 Å². The summed E-state index contributed by atoms with van der Waals surface area (Å²) in [6.07, 6.45) is 2.14. The van der Waals surface area contributed by atoms with Crippen LogP contribution in [-0.2, 0) is 19.7 Å². The summed E-state index contributed by atoms with van der Waals surface area (Å²) in [5, 5.41) is -0.859. The van der Waals surface area contributed by atoms with Crippen molar-refractivity contribution >= 4 is 19.7 Å². The molecule has 0 aromatic rings. The Morgan fingerprint density at radius 1 is 1.15 bits per heavy atom. The summed E-state index contributed by atoms with van der Waals surface area (Å²) in [7, 11) is -6.38. The second-order valence-electron chi connectivity index (χ2n) is 3.44. The molecule has 0 fully saturated rings. The van der Waals surface area contributed by atoms with E-state index < -0.39 is 30.8 Å². The molecule has 0 aliphatic heterocycles. The molecule has 0 bridgehead atoms. The molecule has 0 N–H and O–H groups in total. The third-order valence-electron chi connectivity index (χ3n) is 1.75. The highest BCUT2D eigenvalue weighted by Crippen LogP contribution is 2.12. The SMILES string of the molecule is [CH2]C(C(C)CS(C)(=O)=O)S(C)(=O)=O. The van der Waals surface area contributed by atoms with Gasteiger partial charge in [-0.05, 0) is 12.8 Å². The summed E-state index contributed by atoms with van der Waals surface area (Å²) in [5.41, 5.74) is 0. The molecule has 0 aliphatic rings. The summed E-state index contributed by atoms with van der Waals surface area (Å²) >= 11 is 0. The van der Waals surface area contributed by atoms with Crippen LogP contribution in [0.3, 0.4) is 0 Å². The third kappa shape index (κ3) is 5.25. The predicted molar refractivity (Wildman–Crippen MR) is 52.9 cm³/mol. The van der Waals surface area contributed by atoms with Gasteiger partial charge in [0, 0.05) is 12.5 Å². The monoisotopic (exact) mass is 227 g/mol. The van der Waals surface area contributed by atoms with Crippen molar-refractivity contribution in [2.75, 3.05) is 18.3 Å². The Kier molecular flexibility index (Phi) is 3.93. The molecule has 2 atom stereocenters. The van der Waals surface area contributed by atoms with Crippen molar-refractivity contribution in [1.29, 1.82) is 0 Å². The first-order valence-corrected chi connectivity index (χ1v) is 7.75. The maximum Gasteiger partial charge on any atom is 0.150 e. The number of hydrogen-bond acceptors (Lipinski definition) is 4. The minimum Gasteiger partial charge on any atom is -0.229 e. The van der Waals surface area contributed by atoms with Crippen LogP contribution >= 0.6 is 0 Å². The van der Waals surface area contributed by atoms with Gasteiger partial charge < -0.3 is 0 Å². The quantitative estimate of drug-likeness (QED) is 0.673. The Labute approximate surface area is 80.2 Å². The van der Waals surface area contributed by atoms with Crippen molar-refractivity contribution in [1.82, 2.24) is 0 Å². The zero-order valence-corrected chi connectivity index (χ0v) is 9.65. The largest absolute Gasteiger partial charge is 0.229 e. The fraction of sp³-hybridized carbons (Fsp3) is 0.857. The average molecular weight is 227 g/mol. The molecule has 0 rings (SSSR count). The van der Waals surface area contributed by atoms with Crippen LogP contribution in [0.1, 0.15) is 6.92 Å². The topological polar surface area (TPSA) is 68.3 Å². The van der Waals surface area contributed by atoms with E-state index in [2.05, 4.69) is 6.92 Å². The highest BCUT2D eigenvalue weighted by atomic mass is 32.2. The molecule has 0 spiro atoms. The van der Waals surface area contributed by atoms with Gasteiger partial charge in [0.15, 0.2) is 9.84 Å². The lowest BCUT2D eigenvalue weighted by Crippen LogP contribution is -2.29. The second-order valence-corrected chi connectivity index (χ2v) is 7.89. The first-order valence-electron chi connectivity index (χ1n) is 3.73. The first kappa shape index (κ1) is 12.9. The van der Waals surface area contributed by atoms with Gasteiger partial charge in [-0.25, -0.2) is 16.8 Å². The van der Waals surface area contributed by atoms with E-state index in [1.54, 1.807) is 6.92 Å². The van der Waals surface area contributed by atoms with Crippen LogP contribution in [0.15, 0.2) is 0 Å². The Morgan fingerprint density at radius 2 is 1.54 bits per heavy atom. The molecule has 0 saturated heterocycles. The average Bonchev–Trinajstić information content (AvgIpc) is 1.79. The molecule has 0 saturated carbocycles. The van der Waals surface area contributed by atoms with Gasteiger partial charge in [0.05, 0.1) is 11.0 Å². The molecule has 0 amide bonds. The summed E-state index contributed by atoms with van der Waals surface area (Å²) < 4.78 is 43.7. The maximum atomic E-state index is 11.0. The van der Waals surface area contributed by atoms with E-state index in [0.29, 0.717) is 0 Å². The highest BCUT2D eigenvalue weighted by molar-refractivity contribution is 7.92. The van der Waals surface area contributed by atoms with Crippen molar-refractivity contribution in [3.63, 3.8) is 0 Å². The van der Waals surface area contributed by atoms with E-state index >= 15 is 0 Å². The van der Waals surface area contributed by atoms with Crippen LogP contribution in [-0.4, -0.2) is 40.3 Å². The molecular weight excluding hydrogens is 212 g/mol. The summed E-state index contributed by atoms with van der Waals surface area (Å²) in [6, 6.07) is 0. The molecule has 1 radical (unpaired) electrons. The molecule has 0 aliphatic carbocycles. The van der Waals surface area contributed by atoms with Gasteiger partial charge in [-0.15, -0.1) is 0 Å². The minimum absolute atomic E-state index is 0.145. The molecule has 0 heterocycles. The Hall–Kier alpha value is -0.100. The zero-order valence-electron chi connectivity index (χ0n) is 8.02. The van der Waals surface area contributed by atoms with E-state index in [0.717, 1.165) is 12.5 Å². The fourth-order valence-corrected chi connectivity index (χ4v) is 3.26. The highest BCUT2D eigenvalue weighted by Gasteiger charge is 2.24. The first-order chi connectivity index (χ1) is 5.54. The molecule has 79 valence electrons. The molecule has 0 aromatic heterocycles. The number of rotatable bonds is 4. The van der Waals surface area contributed by atoms with Gasteiger partial charge in [0.2, 0.25) is 0 Å². The van der Waals surface area contributed by atoms with Crippen molar-refractivity contribution in [3.05, 3.63) is 6.92 Å². The van der Waals surface area contributed by atoms with Crippen LogP contribution in [0.25, 0.3) is 0 Å². The molecular formula is C7H15O4S2. The molecule has 13 heavy (non-hydrogen) atoms. The van der Waals surface area contributed by atoms with Crippen molar-refractivity contribution < 1.29 is 16.8 Å². The number of sulfone groups is 2. The summed E-state index contributed by atoms with van der Waals surface area (Å²) in [4.78, 5) is 0. The summed E-state index contributed by atoms with van der Waals surface area (Å²) in [5.74, 6) is -0.612. The standard InChI is InChI=1S/C7H15O4S2/c1-6(5-12(3,8)9)7(2)13(4,10)11/h6-7H,2,5H2,1,3-4H3. The van der Waals surface area contributed by atoms with E-state index in [-0.39, 0.29) is 5.75 Å². The number of hydrogen-bond donors (Lipinski definition) is 0. The van der Waals surface area contributed by atoms with Gasteiger partial charge in [0.1, 0.15) is 9.84 Å². The van der Waals surface area contributed by atoms with Crippen LogP contribution < -0.4 is 0 Å². The molecule has 6 heteroatoms. The third-order valence-corrected chi connectivity index (χ3v) is 4.45. The lowest BCUT2D eigenvalue weighted by atomic mass is 10.1. The van der Waals surface area contributed by atoms with E-state index in [4.69, 9.17) is 0 Å². The Bertz CT molecular complexity index is 352. The molecule has 2 unspecified atom stereocenters. The normalized spacial score (nSPS) is 18.2. The van der Waals surface area contributed by atoms with Gasteiger partial charge in [-0.3, -0.25) is 0 Å². The van der Waals surface area contributed by atoms with Crippen LogP contribution in [0.5, 0.6) is 0 Å². The van der Waals surface area contributed by atoms with Crippen LogP contribution in [0.4, 0.5) is 0 Å². The van der Waals surface area contributed by atoms with Crippen LogP contribution in [0.2, 0.25) is 0 Å². The van der Waals surface area contributed by atoms with Gasteiger partial charge in [-0.2, -0.15) is 0 Å². The molecule has 0 aromatic carbocycles.